The topological polar surface area (TPSA) is 111 Å². The minimum Gasteiger partial charge on any atom is -0.386 e. The summed E-state index contributed by atoms with van der Waals surface area (Å²) in [4.78, 5) is 25.2. The number of rotatable bonds is 6. The lowest BCUT2D eigenvalue weighted by atomic mass is 10.0. The van der Waals surface area contributed by atoms with Gasteiger partial charge in [0, 0.05) is 46.9 Å². The molecule has 0 aliphatic carbocycles. The largest absolute Gasteiger partial charge is 0.386 e. The molecule has 6 rings (SSSR count). The van der Waals surface area contributed by atoms with Crippen molar-refractivity contribution < 1.29 is 19.3 Å². The van der Waals surface area contributed by atoms with Crippen molar-refractivity contribution in [2.45, 2.75) is 90.2 Å². The maximum absolute atomic E-state index is 13.6. The molecule has 2 aromatic heterocycles. The fourth-order valence-corrected chi connectivity index (χ4v) is 6.57. The van der Waals surface area contributed by atoms with Gasteiger partial charge < -0.3 is 29.2 Å². The van der Waals surface area contributed by atoms with Gasteiger partial charge in [-0.15, -0.1) is 0 Å². The van der Waals surface area contributed by atoms with Gasteiger partial charge in [0.1, 0.15) is 6.10 Å². The summed E-state index contributed by atoms with van der Waals surface area (Å²) in [5.41, 5.74) is 3.98. The number of nitrogens with zero attached hydrogens (tertiary/aromatic N) is 4. The van der Waals surface area contributed by atoms with Crippen LogP contribution in [0.1, 0.15) is 51.4 Å². The molecule has 0 radical (unpaired) electrons. The van der Waals surface area contributed by atoms with Crippen LogP contribution in [0.2, 0.25) is 5.02 Å². The van der Waals surface area contributed by atoms with Gasteiger partial charge in [0.15, 0.2) is 11.7 Å². The van der Waals surface area contributed by atoms with E-state index in [9.17, 15) is 9.90 Å². The third-order valence-corrected chi connectivity index (χ3v) is 8.85. The number of morpholine rings is 1. The Morgan fingerprint density at radius 2 is 1.95 bits per heavy atom. The zero-order chi connectivity index (χ0) is 29.0. The van der Waals surface area contributed by atoms with Gasteiger partial charge in [0.2, 0.25) is 5.95 Å². The summed E-state index contributed by atoms with van der Waals surface area (Å²) in [7, 11) is 0. The van der Waals surface area contributed by atoms with Gasteiger partial charge in [0.05, 0.1) is 54.4 Å². The highest BCUT2D eigenvalue weighted by Gasteiger charge is 2.43. The van der Waals surface area contributed by atoms with Crippen LogP contribution in [0.25, 0.3) is 22.2 Å². The van der Waals surface area contributed by atoms with Crippen LogP contribution in [0.4, 0.5) is 5.95 Å². The van der Waals surface area contributed by atoms with Crippen molar-refractivity contribution in [2.75, 3.05) is 25.1 Å². The minimum absolute atomic E-state index is 0.0357. The first-order chi connectivity index (χ1) is 19.6. The second-order valence-corrected chi connectivity index (χ2v) is 12.2. The second-order valence-electron chi connectivity index (χ2n) is 11.8. The van der Waals surface area contributed by atoms with E-state index in [2.05, 4.69) is 47.5 Å². The lowest BCUT2D eigenvalue weighted by Crippen LogP contribution is -2.49. The van der Waals surface area contributed by atoms with E-state index >= 15 is 0 Å². The molecule has 0 spiro atoms. The number of ether oxygens (including phenoxy) is 3. The molecule has 0 unspecified atom stereocenters. The fraction of sp³-hybridized carbons (Fsp3) is 0.567. The molecule has 3 aliphatic heterocycles. The standard InChI is InChI=1S/C30H38ClN5O5/c1-15(2)36-24-8-19(6-7-21(24)27(37)18(5)25(36)11-35-16(3)12-39-13-17(35)4)26-22(31)10-32-30(34-26)33-23-9-20-14-40-29(41-20)28(23)38/h6-8,10,15-17,20,23,28-29,38H,9,11-14H2,1-5H3,(H,32,33,34)/t16-,17-,20-,23+,28-,29+/m0/s1. The average molecular weight is 584 g/mol. The van der Waals surface area contributed by atoms with E-state index in [-0.39, 0.29) is 35.7 Å². The smallest absolute Gasteiger partial charge is 0.223 e. The van der Waals surface area contributed by atoms with Gasteiger partial charge >= 0.3 is 0 Å². The van der Waals surface area contributed by atoms with Crippen LogP contribution in [0, 0.1) is 6.92 Å². The number of aliphatic hydroxyl groups excluding tert-OH is 1. The number of pyridine rings is 1. The Morgan fingerprint density at radius 3 is 2.68 bits per heavy atom. The molecule has 6 atom stereocenters. The van der Waals surface area contributed by atoms with Crippen LogP contribution < -0.4 is 10.7 Å². The van der Waals surface area contributed by atoms with Gasteiger partial charge in [-0.3, -0.25) is 9.69 Å². The number of fused-ring (bicyclic) bond motifs is 3. The molecule has 2 N–H and O–H groups in total. The van der Waals surface area contributed by atoms with E-state index in [1.807, 2.05) is 25.1 Å². The van der Waals surface area contributed by atoms with Crippen molar-refractivity contribution >= 4 is 28.5 Å². The Morgan fingerprint density at radius 1 is 1.20 bits per heavy atom. The van der Waals surface area contributed by atoms with Gasteiger partial charge in [-0.2, -0.15) is 0 Å². The quantitative estimate of drug-likeness (QED) is 0.446. The van der Waals surface area contributed by atoms with Gasteiger partial charge in [-0.1, -0.05) is 17.7 Å². The predicted molar refractivity (Wildman–Crippen MR) is 157 cm³/mol. The number of aromatic nitrogens is 3. The van der Waals surface area contributed by atoms with Crippen LogP contribution in [-0.2, 0) is 20.8 Å². The van der Waals surface area contributed by atoms with Crippen molar-refractivity contribution in [1.82, 2.24) is 19.4 Å². The van der Waals surface area contributed by atoms with E-state index in [1.54, 1.807) is 6.20 Å². The van der Waals surface area contributed by atoms with E-state index in [1.165, 1.54) is 0 Å². The van der Waals surface area contributed by atoms with Crippen molar-refractivity contribution in [3.05, 3.63) is 50.9 Å². The first-order valence-electron chi connectivity index (χ1n) is 14.4. The number of anilines is 1. The number of hydrogen-bond acceptors (Lipinski definition) is 9. The molecule has 5 heterocycles. The van der Waals surface area contributed by atoms with Crippen LogP contribution in [0.15, 0.2) is 29.2 Å². The van der Waals surface area contributed by atoms with Gasteiger partial charge in [-0.25, -0.2) is 9.97 Å². The van der Waals surface area contributed by atoms with Gasteiger partial charge in [-0.05, 0) is 53.2 Å². The SMILES string of the molecule is Cc1c(CN2[C@@H](C)COC[C@@H]2C)n(C(C)C)c2cc(-c3nc(N[C@@H]4C[C@H]5CO[C@H](O5)[C@H]4O)ncc3Cl)ccc2c1=O. The van der Waals surface area contributed by atoms with Crippen LogP contribution in [0.5, 0.6) is 0 Å². The fourth-order valence-electron chi connectivity index (χ4n) is 6.37. The molecular formula is C30H38ClN5O5. The highest BCUT2D eigenvalue weighted by Crippen LogP contribution is 2.33. The molecule has 3 aliphatic rings. The molecular weight excluding hydrogens is 546 g/mol. The average Bonchev–Trinajstić information content (AvgIpc) is 3.36. The molecule has 11 heteroatoms. The zero-order valence-electron chi connectivity index (χ0n) is 24.1. The predicted octanol–water partition coefficient (Wildman–Crippen LogP) is 3.90. The number of aliphatic hydroxyl groups is 1. The van der Waals surface area contributed by atoms with Crippen LogP contribution in [-0.4, -0.2) is 81.0 Å². The lowest BCUT2D eigenvalue weighted by molar-refractivity contribution is -0.156. The molecule has 2 bridgehead atoms. The van der Waals surface area contributed by atoms with E-state index in [4.69, 9.17) is 30.8 Å². The van der Waals surface area contributed by atoms with E-state index < -0.39 is 12.4 Å². The molecule has 3 aromatic rings. The zero-order valence-corrected chi connectivity index (χ0v) is 24.9. The van der Waals surface area contributed by atoms with Crippen LogP contribution in [0.3, 0.4) is 0 Å². The number of halogens is 1. The minimum atomic E-state index is -0.837. The van der Waals surface area contributed by atoms with Crippen molar-refractivity contribution in [2.24, 2.45) is 0 Å². The van der Waals surface area contributed by atoms with E-state index in [0.717, 1.165) is 22.3 Å². The Balaban J connectivity index is 1.40. The summed E-state index contributed by atoms with van der Waals surface area (Å²) in [5.74, 6) is 0.357. The summed E-state index contributed by atoms with van der Waals surface area (Å²) < 4.78 is 19.2. The Kier molecular flexibility index (Phi) is 7.82. The van der Waals surface area contributed by atoms with Crippen molar-refractivity contribution in [3.63, 3.8) is 0 Å². The Labute approximate surface area is 244 Å². The summed E-state index contributed by atoms with van der Waals surface area (Å²) in [6.07, 6.45) is 0.591. The Bertz CT molecular complexity index is 1500. The summed E-state index contributed by atoms with van der Waals surface area (Å²) >= 11 is 6.63. The monoisotopic (exact) mass is 583 g/mol. The normalized spacial score (nSPS) is 28.5. The molecule has 220 valence electrons. The molecule has 0 saturated carbocycles. The number of nitrogens with one attached hydrogen (secondary N) is 1. The summed E-state index contributed by atoms with van der Waals surface area (Å²) in [5, 5.41) is 15.0. The maximum atomic E-state index is 13.6. The highest BCUT2D eigenvalue weighted by molar-refractivity contribution is 6.33. The molecule has 10 nitrogen and oxygen atoms in total. The maximum Gasteiger partial charge on any atom is 0.223 e. The van der Waals surface area contributed by atoms with Crippen molar-refractivity contribution in [3.8, 4) is 11.3 Å². The molecule has 3 saturated heterocycles. The number of benzene rings is 1. The third kappa shape index (κ3) is 5.26. The highest BCUT2D eigenvalue weighted by atomic mass is 35.5. The molecule has 1 aromatic carbocycles. The van der Waals surface area contributed by atoms with E-state index in [0.29, 0.717) is 54.8 Å². The summed E-state index contributed by atoms with van der Waals surface area (Å²) in [6, 6.07) is 6.05. The first kappa shape index (κ1) is 28.5. The molecule has 3 fully saturated rings. The van der Waals surface area contributed by atoms with Crippen molar-refractivity contribution in [1.29, 1.82) is 0 Å². The van der Waals surface area contributed by atoms with Gasteiger partial charge in [0.25, 0.3) is 0 Å². The summed E-state index contributed by atoms with van der Waals surface area (Å²) in [6.45, 7) is 13.0. The van der Waals surface area contributed by atoms with Crippen LogP contribution >= 0.6 is 11.6 Å². The first-order valence-corrected chi connectivity index (χ1v) is 14.8. The Hall–Kier alpha value is -2.60. The third-order valence-electron chi connectivity index (χ3n) is 8.58. The molecule has 41 heavy (non-hydrogen) atoms. The second kappa shape index (κ2) is 11.2. The molecule has 0 amide bonds. The number of hydrogen-bond donors (Lipinski definition) is 2. The lowest BCUT2D eigenvalue weighted by Gasteiger charge is -2.39.